The highest BCUT2D eigenvalue weighted by Crippen LogP contribution is 2.46. The van der Waals surface area contributed by atoms with Gasteiger partial charge in [-0.3, -0.25) is 4.57 Å². The molecule has 1 unspecified atom stereocenters. The summed E-state index contributed by atoms with van der Waals surface area (Å²) in [4.78, 5) is 18.2. The monoisotopic (exact) mass is 401 g/mol. The summed E-state index contributed by atoms with van der Waals surface area (Å²) >= 11 is 1.66. The van der Waals surface area contributed by atoms with Crippen LogP contribution >= 0.6 is 19.8 Å². The molecule has 26 heavy (non-hydrogen) atoms. The Morgan fingerprint density at radius 1 is 1.54 bits per heavy atom. The molecule has 142 valence electrons. The maximum atomic E-state index is 15.3. The lowest BCUT2D eigenvalue weighted by molar-refractivity contribution is -0.0382. The molecule has 7 nitrogen and oxygen atoms in total. The van der Waals surface area contributed by atoms with Crippen molar-refractivity contribution in [2.45, 2.75) is 49.0 Å². The number of aryl methyl sites for hydroxylation is 1. The van der Waals surface area contributed by atoms with Gasteiger partial charge in [-0.05, 0) is 24.2 Å². The molecular formula is C16H21FN3O4PS. The molecule has 2 aromatic rings. The van der Waals surface area contributed by atoms with Gasteiger partial charge in [-0.2, -0.15) is 0 Å². The molecular weight excluding hydrogens is 380 g/mol. The highest BCUT2D eigenvalue weighted by atomic mass is 32.2. The van der Waals surface area contributed by atoms with Crippen molar-refractivity contribution >= 4 is 30.8 Å². The van der Waals surface area contributed by atoms with Crippen molar-refractivity contribution in [2.24, 2.45) is 5.92 Å². The molecule has 2 aliphatic rings. The number of hydrogen-bond acceptors (Lipinski definition) is 6. The molecule has 1 saturated heterocycles. The lowest BCUT2D eigenvalue weighted by Gasteiger charge is -2.22. The summed E-state index contributed by atoms with van der Waals surface area (Å²) in [5, 5.41) is 11.4. The van der Waals surface area contributed by atoms with Crippen LogP contribution in [0.15, 0.2) is 17.6 Å². The number of aliphatic hydroxyl groups is 1. The second kappa shape index (κ2) is 7.20. The van der Waals surface area contributed by atoms with Gasteiger partial charge in [0.2, 0.25) is 0 Å². The molecule has 0 spiro atoms. The van der Waals surface area contributed by atoms with Gasteiger partial charge in [0.05, 0.1) is 18.1 Å². The van der Waals surface area contributed by atoms with Crippen molar-refractivity contribution in [3.8, 4) is 0 Å². The van der Waals surface area contributed by atoms with Crippen LogP contribution in [0.5, 0.6) is 0 Å². The van der Waals surface area contributed by atoms with E-state index < -0.39 is 44.7 Å². The van der Waals surface area contributed by atoms with Crippen LogP contribution in [0.1, 0.15) is 25.1 Å². The van der Waals surface area contributed by atoms with Crippen molar-refractivity contribution in [1.29, 1.82) is 0 Å². The van der Waals surface area contributed by atoms with Crippen LogP contribution in [-0.2, 0) is 15.7 Å². The Labute approximate surface area is 154 Å². The van der Waals surface area contributed by atoms with Gasteiger partial charge in [0.1, 0.15) is 17.0 Å². The summed E-state index contributed by atoms with van der Waals surface area (Å²) in [7, 11) is -2.94. The quantitative estimate of drug-likeness (QED) is 0.599. The number of nitrogens with zero attached hydrogens (tertiary/aromatic N) is 3. The minimum Gasteiger partial charge on any atom is -0.394 e. The first-order valence-corrected chi connectivity index (χ1v) is 11.0. The number of ether oxygens (including phenoxy) is 1. The van der Waals surface area contributed by atoms with Crippen LogP contribution in [0.2, 0.25) is 0 Å². The Kier molecular flexibility index (Phi) is 5.09. The molecule has 4 heterocycles. The molecule has 4 rings (SSSR count). The van der Waals surface area contributed by atoms with E-state index in [0.29, 0.717) is 5.65 Å². The normalized spacial score (nSPS) is 31.1. The largest absolute Gasteiger partial charge is 0.394 e. The van der Waals surface area contributed by atoms with E-state index in [9.17, 15) is 14.6 Å². The number of rotatable bonds is 4. The Morgan fingerprint density at radius 3 is 3.08 bits per heavy atom. The standard InChI is InChI=1S/C16H21FN3O4PS/c1-8(25(22)23)11-10(6-21)24-16(13(11)17)20-5-9-3-2-4-26-15-12(9)14(20)18-7-19-15/h5,7-8,10-11,13,16,21,25H,2-4,6H2,1H3,(H,22,23)/t8-,10-,11-,13-,16-/m1/s1. The molecule has 1 fully saturated rings. The van der Waals surface area contributed by atoms with Crippen LogP contribution in [0.25, 0.3) is 11.0 Å². The van der Waals surface area contributed by atoms with Crippen molar-refractivity contribution in [3.05, 3.63) is 18.1 Å². The summed E-state index contributed by atoms with van der Waals surface area (Å²) in [5.41, 5.74) is 0.885. The zero-order valence-corrected chi connectivity index (χ0v) is 16.0. The third-order valence-corrected chi connectivity index (χ3v) is 7.53. The zero-order valence-electron chi connectivity index (χ0n) is 14.2. The van der Waals surface area contributed by atoms with Gasteiger partial charge in [0, 0.05) is 17.8 Å². The molecule has 0 aliphatic carbocycles. The summed E-state index contributed by atoms with van der Waals surface area (Å²) in [6.45, 7) is 1.13. The molecule has 6 atom stereocenters. The van der Waals surface area contributed by atoms with Crippen molar-refractivity contribution in [1.82, 2.24) is 14.5 Å². The first-order valence-electron chi connectivity index (χ1n) is 8.63. The van der Waals surface area contributed by atoms with Gasteiger partial charge in [-0.1, -0.05) is 6.92 Å². The van der Waals surface area contributed by atoms with Crippen LogP contribution in [0.3, 0.4) is 0 Å². The Balaban J connectivity index is 1.78. The Hall–Kier alpha value is -0.990. The number of alkyl halides is 1. The van der Waals surface area contributed by atoms with Gasteiger partial charge < -0.3 is 19.3 Å². The number of thioether (sulfide) groups is 1. The fourth-order valence-corrected chi connectivity index (χ4v) is 5.64. The fourth-order valence-electron chi connectivity index (χ4n) is 3.94. The number of hydrogen-bond donors (Lipinski definition) is 2. The van der Waals surface area contributed by atoms with Crippen molar-refractivity contribution < 1.29 is 23.7 Å². The number of aliphatic hydroxyl groups excluding tert-OH is 1. The average molecular weight is 401 g/mol. The van der Waals surface area contributed by atoms with Crippen LogP contribution in [-0.4, -0.2) is 54.8 Å². The van der Waals surface area contributed by atoms with E-state index in [-0.39, 0.29) is 0 Å². The maximum absolute atomic E-state index is 15.3. The van der Waals surface area contributed by atoms with E-state index >= 15 is 4.39 Å². The lowest BCUT2D eigenvalue weighted by Crippen LogP contribution is -2.32. The van der Waals surface area contributed by atoms with Crippen molar-refractivity contribution in [2.75, 3.05) is 12.4 Å². The van der Waals surface area contributed by atoms with E-state index in [1.165, 1.54) is 13.3 Å². The highest BCUT2D eigenvalue weighted by molar-refractivity contribution is 7.99. The molecule has 2 aliphatic heterocycles. The van der Waals surface area contributed by atoms with Gasteiger partial charge in [-0.15, -0.1) is 11.8 Å². The third kappa shape index (κ3) is 2.90. The molecule has 2 aromatic heterocycles. The summed E-state index contributed by atoms with van der Waals surface area (Å²) in [5.74, 6) is 0.134. The van der Waals surface area contributed by atoms with E-state index in [2.05, 4.69) is 9.97 Å². The predicted molar refractivity (Wildman–Crippen MR) is 96.6 cm³/mol. The fraction of sp³-hybridized carbons (Fsp3) is 0.625. The average Bonchev–Trinajstić information content (AvgIpc) is 3.07. The predicted octanol–water partition coefficient (Wildman–Crippen LogP) is 2.17. The molecule has 0 saturated carbocycles. The SMILES string of the molecule is C[C@H]([C@H]1[C@@H](F)[C@H](n2cc3c4c(ncnc42)SCCC3)O[C@@H]1CO)[PH](=O)O. The molecule has 0 bridgehead atoms. The third-order valence-electron chi connectivity index (χ3n) is 5.29. The minimum atomic E-state index is -2.94. The number of aromatic nitrogens is 3. The van der Waals surface area contributed by atoms with Gasteiger partial charge in [0.25, 0.3) is 0 Å². The van der Waals surface area contributed by atoms with Crippen LogP contribution < -0.4 is 0 Å². The smallest absolute Gasteiger partial charge is 0.192 e. The summed E-state index contributed by atoms with van der Waals surface area (Å²) < 4.78 is 34.3. The first kappa shape index (κ1) is 18.4. The van der Waals surface area contributed by atoms with Gasteiger partial charge >= 0.3 is 0 Å². The van der Waals surface area contributed by atoms with Crippen LogP contribution in [0, 0.1) is 5.92 Å². The highest BCUT2D eigenvalue weighted by Gasteiger charge is 2.49. The van der Waals surface area contributed by atoms with Crippen LogP contribution in [0.4, 0.5) is 4.39 Å². The second-order valence-electron chi connectivity index (χ2n) is 6.79. The van der Waals surface area contributed by atoms with E-state index in [0.717, 1.165) is 34.6 Å². The van der Waals surface area contributed by atoms with Gasteiger partial charge in [-0.25, -0.2) is 14.4 Å². The zero-order chi connectivity index (χ0) is 18.4. The van der Waals surface area contributed by atoms with E-state index in [1.807, 2.05) is 6.20 Å². The summed E-state index contributed by atoms with van der Waals surface area (Å²) in [6.07, 6.45) is 1.86. The van der Waals surface area contributed by atoms with E-state index in [4.69, 9.17) is 4.74 Å². The molecule has 0 radical (unpaired) electrons. The lowest BCUT2D eigenvalue weighted by atomic mass is 9.96. The Bertz CT molecular complexity index is 850. The summed E-state index contributed by atoms with van der Waals surface area (Å²) in [6, 6.07) is 0. The molecule has 2 N–H and O–H groups in total. The maximum Gasteiger partial charge on any atom is 0.192 e. The second-order valence-corrected chi connectivity index (χ2v) is 9.46. The number of halogens is 1. The molecule has 0 aromatic carbocycles. The molecule has 0 amide bonds. The minimum absolute atomic E-state index is 0.400. The van der Waals surface area contributed by atoms with Gasteiger partial charge in [0.15, 0.2) is 20.4 Å². The topological polar surface area (TPSA) is 97.5 Å². The molecule has 10 heteroatoms. The Morgan fingerprint density at radius 2 is 2.35 bits per heavy atom. The first-order chi connectivity index (χ1) is 12.5. The van der Waals surface area contributed by atoms with Crippen molar-refractivity contribution in [3.63, 3.8) is 0 Å². The van der Waals surface area contributed by atoms with E-state index in [1.54, 1.807) is 16.3 Å².